The summed E-state index contributed by atoms with van der Waals surface area (Å²) < 4.78 is 7.06. The Bertz CT molecular complexity index is 1360. The van der Waals surface area contributed by atoms with E-state index in [1.54, 1.807) is 10.8 Å². The van der Waals surface area contributed by atoms with Crippen molar-refractivity contribution in [3.8, 4) is 16.9 Å². The van der Waals surface area contributed by atoms with E-state index < -0.39 is 0 Å². The molecule has 166 valence electrons. The molecule has 6 nitrogen and oxygen atoms in total. The van der Waals surface area contributed by atoms with Gasteiger partial charge in [-0.25, -0.2) is 4.98 Å². The summed E-state index contributed by atoms with van der Waals surface area (Å²) in [5, 5.41) is 2.61. The molecule has 7 heteroatoms. The Hall–Kier alpha value is -3.19. The minimum absolute atomic E-state index is 0.108. The summed E-state index contributed by atoms with van der Waals surface area (Å²) in [6.07, 6.45) is 2.39. The van der Waals surface area contributed by atoms with Crippen molar-refractivity contribution in [1.82, 2.24) is 14.5 Å². The molecule has 3 heterocycles. The van der Waals surface area contributed by atoms with E-state index in [9.17, 15) is 9.59 Å². The number of thiophene rings is 1. The smallest absolute Gasteiger partial charge is 0.263 e. The van der Waals surface area contributed by atoms with E-state index in [-0.39, 0.29) is 17.5 Å². The highest BCUT2D eigenvalue weighted by Crippen LogP contribution is 2.32. The van der Waals surface area contributed by atoms with Crippen LogP contribution in [0.1, 0.15) is 50.2 Å². The number of nitrogens with zero attached hydrogens (tertiary/aromatic N) is 2. The number of aryl methyl sites for hydroxylation is 1. The quantitative estimate of drug-likeness (QED) is 0.427. The first kappa shape index (κ1) is 22.0. The number of aromatic amines is 1. The Morgan fingerprint density at radius 1 is 1.19 bits per heavy atom. The fourth-order valence-electron chi connectivity index (χ4n) is 3.66. The average molecular weight is 450 g/mol. The highest BCUT2D eigenvalue weighted by atomic mass is 32.1. The first-order valence-electron chi connectivity index (χ1n) is 10.8. The predicted molar refractivity (Wildman–Crippen MR) is 130 cm³/mol. The highest BCUT2D eigenvalue weighted by molar-refractivity contribution is 7.17. The maximum atomic E-state index is 13.5. The molecular formula is C25H27N3O3S. The number of ether oxygens (including phenoxy) is 1. The number of pyridine rings is 1. The molecule has 1 N–H and O–H groups in total. The summed E-state index contributed by atoms with van der Waals surface area (Å²) in [4.78, 5) is 34.3. The van der Waals surface area contributed by atoms with Crippen LogP contribution in [0.15, 0.2) is 51.5 Å². The van der Waals surface area contributed by atoms with E-state index in [1.807, 2.05) is 19.2 Å². The van der Waals surface area contributed by atoms with Crippen LogP contribution in [-0.2, 0) is 6.54 Å². The van der Waals surface area contributed by atoms with Gasteiger partial charge in [0, 0.05) is 28.9 Å². The Kier molecular flexibility index (Phi) is 6.28. The number of fused-ring (bicyclic) bond motifs is 1. The topological polar surface area (TPSA) is 77.0 Å². The van der Waals surface area contributed by atoms with E-state index in [4.69, 9.17) is 4.74 Å². The van der Waals surface area contributed by atoms with Gasteiger partial charge in [-0.05, 0) is 30.4 Å². The molecule has 1 aromatic carbocycles. The third-order valence-electron chi connectivity index (χ3n) is 5.50. The zero-order chi connectivity index (χ0) is 22.8. The van der Waals surface area contributed by atoms with Gasteiger partial charge in [-0.3, -0.25) is 14.2 Å². The highest BCUT2D eigenvalue weighted by Gasteiger charge is 2.16. The number of aromatic nitrogens is 3. The van der Waals surface area contributed by atoms with Crippen molar-refractivity contribution in [2.45, 2.75) is 46.6 Å². The Morgan fingerprint density at radius 2 is 1.94 bits per heavy atom. The second-order valence-electron chi connectivity index (χ2n) is 8.19. The van der Waals surface area contributed by atoms with Gasteiger partial charge in [0.1, 0.15) is 10.7 Å². The van der Waals surface area contributed by atoms with Gasteiger partial charge in [0.25, 0.3) is 5.56 Å². The number of H-pyrrole nitrogens is 1. The van der Waals surface area contributed by atoms with Crippen molar-refractivity contribution in [3.05, 3.63) is 79.6 Å². The molecule has 0 spiro atoms. The molecule has 3 aromatic heterocycles. The average Bonchev–Trinajstić information content (AvgIpc) is 3.20. The predicted octanol–water partition coefficient (Wildman–Crippen LogP) is 5.08. The first-order valence-corrected chi connectivity index (χ1v) is 11.7. The third kappa shape index (κ3) is 4.25. The Labute approximate surface area is 190 Å². The van der Waals surface area contributed by atoms with Crippen molar-refractivity contribution in [1.29, 1.82) is 0 Å². The number of benzene rings is 1. The van der Waals surface area contributed by atoms with Gasteiger partial charge >= 0.3 is 0 Å². The third-order valence-corrected chi connectivity index (χ3v) is 6.37. The molecule has 0 bridgehead atoms. The summed E-state index contributed by atoms with van der Waals surface area (Å²) in [6.45, 7) is 8.84. The summed E-state index contributed by atoms with van der Waals surface area (Å²) in [5.41, 5.74) is 3.47. The Morgan fingerprint density at radius 3 is 2.59 bits per heavy atom. The number of rotatable bonds is 7. The lowest BCUT2D eigenvalue weighted by molar-refractivity contribution is 0.313. The maximum Gasteiger partial charge on any atom is 0.263 e. The van der Waals surface area contributed by atoms with Gasteiger partial charge in [-0.1, -0.05) is 45.0 Å². The molecule has 0 aliphatic carbocycles. The summed E-state index contributed by atoms with van der Waals surface area (Å²) >= 11 is 1.48. The SMILES string of the molecule is CCCOc1c[nH]c(Cn2c(C)nc3scc(-c4ccc(C(C)C)cc4)c3c2=O)cc1=O. The van der Waals surface area contributed by atoms with Gasteiger partial charge in [-0.2, -0.15) is 0 Å². The zero-order valence-electron chi connectivity index (χ0n) is 18.8. The van der Waals surface area contributed by atoms with Crippen LogP contribution in [-0.4, -0.2) is 21.1 Å². The van der Waals surface area contributed by atoms with E-state index in [2.05, 4.69) is 48.1 Å². The molecule has 0 aliphatic rings. The van der Waals surface area contributed by atoms with Gasteiger partial charge in [0.15, 0.2) is 5.75 Å². The molecule has 4 rings (SSSR count). The van der Waals surface area contributed by atoms with Crippen LogP contribution in [0.2, 0.25) is 0 Å². The lowest BCUT2D eigenvalue weighted by Gasteiger charge is -2.11. The van der Waals surface area contributed by atoms with Crippen molar-refractivity contribution in [2.24, 2.45) is 0 Å². The summed E-state index contributed by atoms with van der Waals surface area (Å²) in [7, 11) is 0. The van der Waals surface area contributed by atoms with Crippen molar-refractivity contribution >= 4 is 21.6 Å². The van der Waals surface area contributed by atoms with E-state index in [0.717, 1.165) is 22.4 Å². The van der Waals surface area contributed by atoms with Crippen LogP contribution < -0.4 is 15.7 Å². The second-order valence-corrected chi connectivity index (χ2v) is 9.05. The minimum Gasteiger partial charge on any atom is -0.488 e. The van der Waals surface area contributed by atoms with Crippen LogP contribution in [0.5, 0.6) is 5.75 Å². The fraction of sp³-hybridized carbons (Fsp3) is 0.320. The zero-order valence-corrected chi connectivity index (χ0v) is 19.6. The van der Waals surface area contributed by atoms with Crippen molar-refractivity contribution in [2.75, 3.05) is 6.61 Å². The molecule has 0 aliphatic heterocycles. The number of nitrogens with one attached hydrogen (secondary N) is 1. The molecule has 0 saturated carbocycles. The van der Waals surface area contributed by atoms with Crippen molar-refractivity contribution in [3.63, 3.8) is 0 Å². The van der Waals surface area contributed by atoms with Crippen LogP contribution in [0.25, 0.3) is 21.3 Å². The second kappa shape index (κ2) is 9.12. The van der Waals surface area contributed by atoms with Gasteiger partial charge in [0.05, 0.1) is 18.5 Å². The Balaban J connectivity index is 1.73. The molecular weight excluding hydrogens is 422 g/mol. The van der Waals surface area contributed by atoms with Crippen LogP contribution in [0.4, 0.5) is 0 Å². The molecule has 32 heavy (non-hydrogen) atoms. The summed E-state index contributed by atoms with van der Waals surface area (Å²) in [6, 6.07) is 9.83. The van der Waals surface area contributed by atoms with E-state index >= 15 is 0 Å². The molecule has 0 radical (unpaired) electrons. The lowest BCUT2D eigenvalue weighted by Crippen LogP contribution is -2.25. The molecule has 4 aromatic rings. The van der Waals surface area contributed by atoms with E-state index in [1.165, 1.54) is 23.0 Å². The van der Waals surface area contributed by atoms with Gasteiger partial charge in [-0.15, -0.1) is 11.3 Å². The number of hydrogen-bond acceptors (Lipinski definition) is 5. The molecule has 0 saturated heterocycles. The first-order chi connectivity index (χ1) is 15.4. The van der Waals surface area contributed by atoms with Crippen molar-refractivity contribution < 1.29 is 4.74 Å². The number of hydrogen-bond donors (Lipinski definition) is 1. The molecule has 0 atom stereocenters. The molecule has 0 fully saturated rings. The van der Waals surface area contributed by atoms with Gasteiger partial charge in [0.2, 0.25) is 5.43 Å². The largest absolute Gasteiger partial charge is 0.488 e. The van der Waals surface area contributed by atoms with Crippen LogP contribution in [0, 0.1) is 6.92 Å². The summed E-state index contributed by atoms with van der Waals surface area (Å²) in [5.74, 6) is 1.35. The maximum absolute atomic E-state index is 13.5. The molecule has 0 amide bonds. The minimum atomic E-state index is -0.201. The van der Waals surface area contributed by atoms with E-state index in [0.29, 0.717) is 35.2 Å². The monoisotopic (exact) mass is 449 g/mol. The molecule has 0 unspecified atom stereocenters. The van der Waals surface area contributed by atoms with Crippen LogP contribution >= 0.6 is 11.3 Å². The van der Waals surface area contributed by atoms with Crippen LogP contribution in [0.3, 0.4) is 0 Å². The fourth-order valence-corrected chi connectivity index (χ4v) is 4.64. The lowest BCUT2D eigenvalue weighted by atomic mass is 9.99. The van der Waals surface area contributed by atoms with Gasteiger partial charge < -0.3 is 9.72 Å². The standard InChI is InChI=1S/C25H27N3O3S/c1-5-10-31-22-12-26-19(11-21(22)29)13-28-16(4)27-24-23(25(28)30)20(14-32-24)18-8-6-17(7-9-18)15(2)3/h6-9,11-12,14-15H,5,10,13H2,1-4H3,(H,26,29). The normalized spacial score (nSPS) is 11.4.